The number of rotatable bonds is 4. The van der Waals surface area contributed by atoms with E-state index in [1.165, 1.54) is 11.6 Å². The van der Waals surface area contributed by atoms with Crippen LogP contribution in [-0.2, 0) is 11.3 Å². The van der Waals surface area contributed by atoms with E-state index in [-0.39, 0.29) is 0 Å². The number of hydrogen-bond donors (Lipinski definition) is 0. The van der Waals surface area contributed by atoms with Crippen LogP contribution in [0, 0.1) is 0 Å². The van der Waals surface area contributed by atoms with Gasteiger partial charge in [-0.2, -0.15) is 0 Å². The van der Waals surface area contributed by atoms with E-state index in [0.717, 1.165) is 17.4 Å². The van der Waals surface area contributed by atoms with Gasteiger partial charge in [0.25, 0.3) is 0 Å². The van der Waals surface area contributed by atoms with Gasteiger partial charge >= 0.3 is 5.97 Å². The lowest BCUT2D eigenvalue weighted by molar-refractivity contribution is -0.128. The van der Waals surface area contributed by atoms with Gasteiger partial charge in [0.1, 0.15) is 0 Å². The van der Waals surface area contributed by atoms with Gasteiger partial charge in [-0.25, -0.2) is 4.79 Å². The Labute approximate surface area is 123 Å². The molecule has 0 bridgehead atoms. The average Bonchev–Trinajstić information content (AvgIpc) is 2.86. The van der Waals surface area contributed by atoms with Crippen LogP contribution in [0.25, 0.3) is 10.9 Å². The molecule has 0 aliphatic rings. The molecule has 3 rings (SSSR count). The molecule has 0 unspecified atom stereocenters. The van der Waals surface area contributed by atoms with Crippen LogP contribution in [0.4, 0.5) is 0 Å². The molecule has 3 aromatic rings. The van der Waals surface area contributed by atoms with E-state index in [4.69, 9.17) is 4.74 Å². The highest BCUT2D eigenvalue weighted by molar-refractivity contribution is 5.91. The molecule has 0 saturated carbocycles. The van der Waals surface area contributed by atoms with E-state index in [0.29, 0.717) is 5.75 Å². The minimum absolute atomic E-state index is 0.447. The first kappa shape index (κ1) is 13.2. The Bertz CT molecular complexity index is 787. The van der Waals surface area contributed by atoms with Crippen LogP contribution in [0.1, 0.15) is 5.56 Å². The van der Waals surface area contributed by atoms with Crippen LogP contribution >= 0.6 is 0 Å². The zero-order chi connectivity index (χ0) is 14.7. The maximum absolute atomic E-state index is 11.4. The summed E-state index contributed by atoms with van der Waals surface area (Å²) >= 11 is 0. The highest BCUT2D eigenvalue weighted by Crippen LogP contribution is 2.28. The van der Waals surface area contributed by atoms with Crippen molar-refractivity contribution in [2.45, 2.75) is 6.54 Å². The monoisotopic (exact) mass is 277 g/mol. The number of fused-ring (bicyclic) bond motifs is 1. The van der Waals surface area contributed by atoms with Crippen LogP contribution < -0.4 is 4.74 Å². The molecule has 21 heavy (non-hydrogen) atoms. The van der Waals surface area contributed by atoms with Crippen molar-refractivity contribution in [3.8, 4) is 5.75 Å². The molecule has 0 atom stereocenters. The average molecular weight is 277 g/mol. The Morgan fingerprint density at radius 3 is 2.57 bits per heavy atom. The lowest BCUT2D eigenvalue weighted by atomic mass is 10.2. The summed E-state index contributed by atoms with van der Waals surface area (Å²) in [7, 11) is 0. The van der Waals surface area contributed by atoms with Crippen molar-refractivity contribution in [1.82, 2.24) is 4.57 Å². The van der Waals surface area contributed by atoms with Gasteiger partial charge in [0.2, 0.25) is 0 Å². The zero-order valence-electron chi connectivity index (χ0n) is 11.5. The van der Waals surface area contributed by atoms with Crippen molar-refractivity contribution in [2.24, 2.45) is 0 Å². The van der Waals surface area contributed by atoms with Gasteiger partial charge < -0.3 is 9.30 Å². The molecule has 3 nitrogen and oxygen atoms in total. The summed E-state index contributed by atoms with van der Waals surface area (Å²) in [5.41, 5.74) is 2.23. The van der Waals surface area contributed by atoms with E-state index in [2.05, 4.69) is 23.3 Å². The molecule has 0 aliphatic carbocycles. The fourth-order valence-electron chi connectivity index (χ4n) is 2.36. The van der Waals surface area contributed by atoms with Crippen molar-refractivity contribution in [1.29, 1.82) is 0 Å². The topological polar surface area (TPSA) is 31.2 Å². The van der Waals surface area contributed by atoms with E-state index >= 15 is 0 Å². The van der Waals surface area contributed by atoms with Gasteiger partial charge in [-0.3, -0.25) is 0 Å². The van der Waals surface area contributed by atoms with Crippen LogP contribution in [-0.4, -0.2) is 10.5 Å². The Kier molecular flexibility index (Phi) is 3.56. The number of carbonyl (C=O) groups excluding carboxylic acids is 1. The van der Waals surface area contributed by atoms with Crippen LogP contribution in [0.5, 0.6) is 5.75 Å². The predicted octanol–water partition coefficient (Wildman–Crippen LogP) is 3.78. The maximum Gasteiger partial charge on any atom is 0.335 e. The first-order chi connectivity index (χ1) is 10.3. The molecule has 0 N–H and O–H groups in total. The molecule has 1 heterocycles. The van der Waals surface area contributed by atoms with Gasteiger partial charge in [0, 0.05) is 24.2 Å². The Morgan fingerprint density at radius 1 is 1.10 bits per heavy atom. The van der Waals surface area contributed by atoms with E-state index < -0.39 is 5.97 Å². The summed E-state index contributed by atoms with van der Waals surface area (Å²) in [5, 5.41) is 0.920. The van der Waals surface area contributed by atoms with Crippen LogP contribution in [0.3, 0.4) is 0 Å². The number of ether oxygens (including phenoxy) is 1. The first-order valence-electron chi connectivity index (χ1n) is 6.74. The molecule has 3 heteroatoms. The van der Waals surface area contributed by atoms with Crippen molar-refractivity contribution in [2.75, 3.05) is 0 Å². The normalized spacial score (nSPS) is 10.5. The standard InChI is InChI=1S/C18H15NO2/c1-2-18(20)21-17-13-19(12-14-8-4-3-5-9-14)16-11-7-6-10-15(16)17/h2-11,13H,1,12H2. The second-order valence-electron chi connectivity index (χ2n) is 4.75. The molecule has 0 fully saturated rings. The van der Waals surface area contributed by atoms with Gasteiger partial charge in [0.15, 0.2) is 5.75 Å². The second-order valence-corrected chi connectivity index (χ2v) is 4.75. The van der Waals surface area contributed by atoms with Crippen molar-refractivity contribution < 1.29 is 9.53 Å². The molecular formula is C18H15NO2. The number of carbonyl (C=O) groups is 1. The van der Waals surface area contributed by atoms with E-state index in [1.54, 1.807) is 0 Å². The lowest BCUT2D eigenvalue weighted by Gasteiger charge is -2.04. The van der Waals surface area contributed by atoms with Crippen molar-refractivity contribution >= 4 is 16.9 Å². The quantitative estimate of drug-likeness (QED) is 0.537. The molecule has 0 amide bonds. The molecule has 0 saturated heterocycles. The zero-order valence-corrected chi connectivity index (χ0v) is 11.5. The summed E-state index contributed by atoms with van der Waals surface area (Å²) in [6, 6.07) is 18.0. The fraction of sp³-hybridized carbons (Fsp3) is 0.0556. The van der Waals surface area contributed by atoms with Gasteiger partial charge in [-0.1, -0.05) is 49.0 Å². The van der Waals surface area contributed by atoms with Crippen LogP contribution in [0.2, 0.25) is 0 Å². The van der Waals surface area contributed by atoms with Gasteiger partial charge in [0.05, 0.1) is 5.52 Å². The molecule has 2 aromatic carbocycles. The van der Waals surface area contributed by atoms with Crippen molar-refractivity contribution in [3.05, 3.63) is 79.0 Å². The molecule has 0 spiro atoms. The van der Waals surface area contributed by atoms with Gasteiger partial charge in [-0.05, 0) is 17.7 Å². The summed E-state index contributed by atoms with van der Waals surface area (Å²) in [6.07, 6.45) is 3.03. The maximum atomic E-state index is 11.4. The number of esters is 1. The third kappa shape index (κ3) is 2.72. The smallest absolute Gasteiger partial charge is 0.335 e. The summed E-state index contributed by atoms with van der Waals surface area (Å²) in [4.78, 5) is 11.4. The summed E-state index contributed by atoms with van der Waals surface area (Å²) in [5.74, 6) is 0.115. The summed E-state index contributed by atoms with van der Waals surface area (Å²) < 4.78 is 7.40. The molecule has 0 radical (unpaired) electrons. The highest BCUT2D eigenvalue weighted by Gasteiger charge is 2.11. The minimum atomic E-state index is -0.447. The minimum Gasteiger partial charge on any atom is -0.421 e. The van der Waals surface area contributed by atoms with E-state index in [9.17, 15) is 4.79 Å². The van der Waals surface area contributed by atoms with Crippen LogP contribution in [0.15, 0.2) is 73.4 Å². The van der Waals surface area contributed by atoms with E-state index in [1.807, 2.05) is 48.7 Å². The SMILES string of the molecule is C=CC(=O)Oc1cn(Cc2ccccc2)c2ccccc12. The van der Waals surface area contributed by atoms with Crippen molar-refractivity contribution in [3.63, 3.8) is 0 Å². The first-order valence-corrected chi connectivity index (χ1v) is 6.74. The Hall–Kier alpha value is -2.81. The Morgan fingerprint density at radius 2 is 1.81 bits per heavy atom. The third-order valence-corrected chi connectivity index (χ3v) is 3.32. The number of para-hydroxylation sites is 1. The number of aromatic nitrogens is 1. The number of benzene rings is 2. The lowest BCUT2D eigenvalue weighted by Crippen LogP contribution is -2.02. The largest absolute Gasteiger partial charge is 0.421 e. The molecule has 104 valence electrons. The predicted molar refractivity (Wildman–Crippen MR) is 83.3 cm³/mol. The fourth-order valence-corrected chi connectivity index (χ4v) is 2.36. The number of nitrogens with zero attached hydrogens (tertiary/aromatic N) is 1. The Balaban J connectivity index is 2.02. The van der Waals surface area contributed by atoms with Gasteiger partial charge in [-0.15, -0.1) is 0 Å². The summed E-state index contributed by atoms with van der Waals surface area (Å²) in [6.45, 7) is 4.16. The number of hydrogen-bond acceptors (Lipinski definition) is 2. The second kappa shape index (κ2) is 5.67. The highest BCUT2D eigenvalue weighted by atomic mass is 16.5. The molecule has 1 aromatic heterocycles. The molecule has 0 aliphatic heterocycles. The third-order valence-electron chi connectivity index (χ3n) is 3.32. The molecular weight excluding hydrogens is 262 g/mol.